The zero-order chi connectivity index (χ0) is 12.4. The van der Waals surface area contributed by atoms with Gasteiger partial charge in [0.25, 0.3) is 0 Å². The van der Waals surface area contributed by atoms with Crippen LogP contribution in [0, 0.1) is 10.7 Å². The molecule has 18 heavy (non-hydrogen) atoms. The highest BCUT2D eigenvalue weighted by Gasteiger charge is 2.14. The van der Waals surface area contributed by atoms with Crippen molar-refractivity contribution in [1.29, 1.82) is 0 Å². The molecule has 0 saturated heterocycles. The highest BCUT2D eigenvalue weighted by molar-refractivity contribution is 7.71. The first kappa shape index (κ1) is 11.9. The van der Waals surface area contributed by atoms with Crippen LogP contribution in [0.3, 0.4) is 0 Å². The third-order valence-corrected chi connectivity index (χ3v) is 4.32. The van der Waals surface area contributed by atoms with Gasteiger partial charge < -0.3 is 9.55 Å². The van der Waals surface area contributed by atoms with Gasteiger partial charge in [0.05, 0.1) is 5.52 Å². The lowest BCUT2D eigenvalue weighted by atomic mass is 10.0. The van der Waals surface area contributed by atoms with Gasteiger partial charge in [-0.3, -0.25) is 0 Å². The molecule has 0 unspecified atom stereocenters. The van der Waals surface area contributed by atoms with Gasteiger partial charge in [0.2, 0.25) is 0 Å². The smallest absolute Gasteiger partial charge is 0.179 e. The number of imidazole rings is 1. The Morgan fingerprint density at radius 1 is 1.39 bits per heavy atom. The molecule has 3 rings (SSSR count). The monoisotopic (exact) mass is 261 g/mol. The van der Waals surface area contributed by atoms with Crippen LogP contribution in [0.15, 0.2) is 18.3 Å². The minimum absolute atomic E-state index is 0.801. The van der Waals surface area contributed by atoms with E-state index in [4.69, 9.17) is 12.2 Å². The minimum atomic E-state index is 0.801. The van der Waals surface area contributed by atoms with Crippen molar-refractivity contribution in [1.82, 2.24) is 14.5 Å². The number of aromatic amines is 1. The van der Waals surface area contributed by atoms with Crippen LogP contribution in [-0.4, -0.2) is 14.5 Å². The van der Waals surface area contributed by atoms with Crippen LogP contribution < -0.4 is 0 Å². The Balaban J connectivity index is 1.70. The zero-order valence-electron chi connectivity index (χ0n) is 10.6. The molecule has 0 bridgehead atoms. The molecule has 96 valence electrons. The third-order valence-electron chi connectivity index (χ3n) is 4.00. The maximum atomic E-state index is 5.37. The largest absolute Gasteiger partial charge is 0.329 e. The normalized spacial score (nSPS) is 16.7. The number of fused-ring (bicyclic) bond motifs is 1. The fourth-order valence-corrected chi connectivity index (χ4v) is 3.32. The summed E-state index contributed by atoms with van der Waals surface area (Å²) < 4.78 is 2.94. The summed E-state index contributed by atoms with van der Waals surface area (Å²) in [7, 11) is 0. The number of H-pyrrole nitrogens is 1. The van der Waals surface area contributed by atoms with Gasteiger partial charge in [-0.25, -0.2) is 4.98 Å². The summed E-state index contributed by atoms with van der Waals surface area (Å²) in [4.78, 5) is 7.64. The number of aryl methyl sites for hydroxylation is 1. The predicted octanol–water partition coefficient (Wildman–Crippen LogP) is 4.06. The van der Waals surface area contributed by atoms with Gasteiger partial charge in [0.1, 0.15) is 0 Å². The van der Waals surface area contributed by atoms with Crippen molar-refractivity contribution in [3.05, 3.63) is 23.1 Å². The molecule has 1 aliphatic carbocycles. The molecule has 4 heteroatoms. The standard InChI is InChI=1S/C14H19N3S/c18-14-16-12-8-3-9-15-13(12)17(14)10-4-7-11-5-1-2-6-11/h3,8-9,11H,1-2,4-7,10H2,(H,16,18). The Hall–Kier alpha value is -1.16. The van der Waals surface area contributed by atoms with Gasteiger partial charge in [-0.15, -0.1) is 0 Å². The first-order valence-corrected chi connectivity index (χ1v) is 7.29. The van der Waals surface area contributed by atoms with Crippen LogP contribution in [0.1, 0.15) is 38.5 Å². The van der Waals surface area contributed by atoms with E-state index >= 15 is 0 Å². The van der Waals surface area contributed by atoms with E-state index < -0.39 is 0 Å². The van der Waals surface area contributed by atoms with Crippen LogP contribution in [0.2, 0.25) is 0 Å². The van der Waals surface area contributed by atoms with Crippen molar-refractivity contribution >= 4 is 23.4 Å². The van der Waals surface area contributed by atoms with Gasteiger partial charge in [-0.05, 0) is 43.1 Å². The van der Waals surface area contributed by atoms with E-state index in [2.05, 4.69) is 14.5 Å². The molecule has 1 N–H and O–H groups in total. The molecule has 2 heterocycles. The van der Waals surface area contributed by atoms with Crippen LogP contribution in [0.5, 0.6) is 0 Å². The number of pyridine rings is 1. The number of aromatic nitrogens is 3. The third kappa shape index (κ3) is 2.34. The molecule has 0 atom stereocenters. The van der Waals surface area contributed by atoms with Crippen LogP contribution in [0.4, 0.5) is 0 Å². The van der Waals surface area contributed by atoms with Crippen molar-refractivity contribution < 1.29 is 0 Å². The van der Waals surface area contributed by atoms with E-state index in [9.17, 15) is 0 Å². The highest BCUT2D eigenvalue weighted by Crippen LogP contribution is 2.28. The van der Waals surface area contributed by atoms with Gasteiger partial charge in [-0.1, -0.05) is 25.7 Å². The summed E-state index contributed by atoms with van der Waals surface area (Å²) in [5.74, 6) is 0.956. The second-order valence-corrected chi connectivity index (χ2v) is 5.64. The summed E-state index contributed by atoms with van der Waals surface area (Å²) in [6.45, 7) is 0.992. The molecular formula is C14H19N3S. The van der Waals surface area contributed by atoms with Crippen molar-refractivity contribution in [3.8, 4) is 0 Å². The van der Waals surface area contributed by atoms with E-state index in [0.717, 1.165) is 28.4 Å². The molecule has 2 aromatic heterocycles. The van der Waals surface area contributed by atoms with Gasteiger partial charge >= 0.3 is 0 Å². The van der Waals surface area contributed by atoms with Crippen LogP contribution >= 0.6 is 12.2 Å². The second-order valence-electron chi connectivity index (χ2n) is 5.25. The Morgan fingerprint density at radius 3 is 3.06 bits per heavy atom. The molecule has 1 saturated carbocycles. The number of nitrogens with one attached hydrogen (secondary N) is 1. The summed E-state index contributed by atoms with van der Waals surface area (Å²) in [6, 6.07) is 3.97. The van der Waals surface area contributed by atoms with Gasteiger partial charge in [0, 0.05) is 12.7 Å². The zero-order valence-corrected chi connectivity index (χ0v) is 11.4. The van der Waals surface area contributed by atoms with Crippen LogP contribution in [-0.2, 0) is 6.54 Å². The average molecular weight is 261 g/mol. The summed E-state index contributed by atoms with van der Waals surface area (Å²) in [6.07, 6.45) is 10.1. The first-order chi connectivity index (χ1) is 8.84. The Labute approximate surface area is 112 Å². The van der Waals surface area contributed by atoms with Crippen molar-refractivity contribution in [2.75, 3.05) is 0 Å². The average Bonchev–Trinajstić information content (AvgIpc) is 2.98. The lowest BCUT2D eigenvalue weighted by Gasteiger charge is -2.09. The summed E-state index contributed by atoms with van der Waals surface area (Å²) in [5, 5.41) is 0. The summed E-state index contributed by atoms with van der Waals surface area (Å²) >= 11 is 5.37. The van der Waals surface area contributed by atoms with E-state index in [1.54, 1.807) is 0 Å². The molecule has 0 radical (unpaired) electrons. The Kier molecular flexibility index (Phi) is 3.46. The fraction of sp³-hybridized carbons (Fsp3) is 0.571. The van der Waals surface area contributed by atoms with Gasteiger partial charge in [0.15, 0.2) is 10.4 Å². The van der Waals surface area contributed by atoms with Gasteiger partial charge in [-0.2, -0.15) is 0 Å². The number of hydrogen-bond donors (Lipinski definition) is 1. The van der Waals surface area contributed by atoms with E-state index in [0.29, 0.717) is 0 Å². The maximum absolute atomic E-state index is 5.37. The fourth-order valence-electron chi connectivity index (χ4n) is 3.03. The molecule has 3 nitrogen and oxygen atoms in total. The lowest BCUT2D eigenvalue weighted by Crippen LogP contribution is -2.02. The highest BCUT2D eigenvalue weighted by atomic mass is 32.1. The molecule has 2 aromatic rings. The lowest BCUT2D eigenvalue weighted by molar-refractivity contribution is 0.459. The SMILES string of the molecule is S=c1[nH]c2cccnc2n1CCCC1CCCC1. The number of rotatable bonds is 4. The predicted molar refractivity (Wildman–Crippen MR) is 76.1 cm³/mol. The molecule has 1 aliphatic rings. The quantitative estimate of drug-likeness (QED) is 0.842. The van der Waals surface area contributed by atoms with Crippen LogP contribution in [0.25, 0.3) is 11.2 Å². The number of nitrogens with zero attached hydrogens (tertiary/aromatic N) is 2. The molecule has 0 aliphatic heterocycles. The van der Waals surface area contributed by atoms with E-state index in [-0.39, 0.29) is 0 Å². The maximum Gasteiger partial charge on any atom is 0.179 e. The molecule has 0 spiro atoms. The van der Waals surface area contributed by atoms with E-state index in [1.165, 1.54) is 38.5 Å². The summed E-state index contributed by atoms with van der Waals surface area (Å²) in [5.41, 5.74) is 2.04. The Bertz CT molecular complexity index is 578. The van der Waals surface area contributed by atoms with Crippen molar-refractivity contribution in [2.45, 2.75) is 45.1 Å². The molecule has 1 fully saturated rings. The topological polar surface area (TPSA) is 33.6 Å². The Morgan fingerprint density at radius 2 is 2.22 bits per heavy atom. The molecule has 0 amide bonds. The minimum Gasteiger partial charge on any atom is -0.329 e. The number of hydrogen-bond acceptors (Lipinski definition) is 2. The molecule has 0 aromatic carbocycles. The van der Waals surface area contributed by atoms with E-state index in [1.807, 2.05) is 18.3 Å². The van der Waals surface area contributed by atoms with Crippen molar-refractivity contribution in [3.63, 3.8) is 0 Å². The second kappa shape index (κ2) is 5.22. The molecular weight excluding hydrogens is 242 g/mol. The first-order valence-electron chi connectivity index (χ1n) is 6.88. The van der Waals surface area contributed by atoms with Crippen molar-refractivity contribution in [2.24, 2.45) is 5.92 Å².